The Labute approximate surface area is 231 Å². The first kappa shape index (κ1) is 28.2. The van der Waals surface area contributed by atoms with Crippen molar-refractivity contribution in [1.82, 2.24) is 9.47 Å². The highest BCUT2D eigenvalue weighted by molar-refractivity contribution is 6.37. The van der Waals surface area contributed by atoms with Crippen LogP contribution in [0, 0.1) is 12.8 Å². The van der Waals surface area contributed by atoms with Crippen molar-refractivity contribution in [3.05, 3.63) is 69.3 Å². The number of benzene rings is 2. The van der Waals surface area contributed by atoms with Gasteiger partial charge in [0.2, 0.25) is 0 Å². The number of fused-ring (bicyclic) bond motifs is 1. The second kappa shape index (κ2) is 11.1. The summed E-state index contributed by atoms with van der Waals surface area (Å²) in [5.41, 5.74) is 4.94. The number of methoxy groups -OCH3 is 1. The highest BCUT2D eigenvalue weighted by Gasteiger charge is 2.26. The fraction of sp³-hybridized carbons (Fsp3) is 0.414. The second-order valence-corrected chi connectivity index (χ2v) is 10.8. The number of carbonyl (C=O) groups is 1. The Morgan fingerprint density at radius 1 is 1.18 bits per heavy atom. The van der Waals surface area contributed by atoms with Crippen molar-refractivity contribution in [3.63, 3.8) is 0 Å². The van der Waals surface area contributed by atoms with Crippen molar-refractivity contribution >= 4 is 45.8 Å². The Balaban J connectivity index is 1.58. The number of aryl methyl sites for hydroxylation is 2. The van der Waals surface area contributed by atoms with E-state index in [9.17, 15) is 13.6 Å². The van der Waals surface area contributed by atoms with Crippen LogP contribution in [0.25, 0.3) is 16.6 Å². The first-order valence-electron chi connectivity index (χ1n) is 12.5. The smallest absolute Gasteiger partial charge is 0.394 e. The molecule has 0 amide bonds. The molecule has 0 unspecified atom stereocenters. The molecule has 2 heterocycles. The Kier molecular flexibility index (Phi) is 8.29. The maximum Gasteiger partial charge on any atom is 0.394 e. The van der Waals surface area contributed by atoms with Gasteiger partial charge in [-0.1, -0.05) is 29.8 Å². The van der Waals surface area contributed by atoms with E-state index in [4.69, 9.17) is 32.7 Å². The van der Waals surface area contributed by atoms with Crippen molar-refractivity contribution < 1.29 is 23.0 Å². The average Bonchev–Trinajstić information content (AvgIpc) is 3.16. The number of halogens is 4. The predicted octanol–water partition coefficient (Wildman–Crippen LogP) is 7.62. The van der Waals surface area contributed by atoms with Crippen LogP contribution in [0.2, 0.25) is 10.0 Å². The maximum atomic E-state index is 13.5. The lowest BCUT2D eigenvalue weighted by Crippen LogP contribution is -2.33. The van der Waals surface area contributed by atoms with E-state index in [-0.39, 0.29) is 11.7 Å². The SMILES string of the molecule is C=C(c1ccc(Cl)c(Cc2cc3c(C)cc(OC(C)(F)F)cc3n2C)c1Cl)N1CCC(CC(=O)OC)CC1. The molecule has 0 saturated carbocycles. The lowest BCUT2D eigenvalue weighted by atomic mass is 9.92. The fourth-order valence-electron chi connectivity index (χ4n) is 5.13. The van der Waals surface area contributed by atoms with E-state index in [1.807, 2.05) is 36.7 Å². The quantitative estimate of drug-likeness (QED) is 0.264. The predicted molar refractivity (Wildman–Crippen MR) is 148 cm³/mol. The van der Waals surface area contributed by atoms with E-state index in [1.165, 1.54) is 7.11 Å². The van der Waals surface area contributed by atoms with Crippen molar-refractivity contribution in [1.29, 1.82) is 0 Å². The van der Waals surface area contributed by atoms with Crippen LogP contribution in [0.3, 0.4) is 0 Å². The lowest BCUT2D eigenvalue weighted by Gasteiger charge is -2.35. The fourth-order valence-corrected chi connectivity index (χ4v) is 5.74. The molecule has 4 rings (SSSR count). The summed E-state index contributed by atoms with van der Waals surface area (Å²) in [6.45, 7) is 8.46. The first-order chi connectivity index (χ1) is 17.9. The van der Waals surface area contributed by atoms with Crippen LogP contribution in [0.1, 0.15) is 48.6 Å². The molecule has 5 nitrogen and oxygen atoms in total. The number of hydrogen-bond acceptors (Lipinski definition) is 4. The van der Waals surface area contributed by atoms with Gasteiger partial charge in [0.05, 0.1) is 17.6 Å². The van der Waals surface area contributed by atoms with Crippen LogP contribution in [0.15, 0.2) is 36.9 Å². The Hall–Kier alpha value is -2.77. The van der Waals surface area contributed by atoms with Gasteiger partial charge < -0.3 is 18.9 Å². The molecular weight excluding hydrogens is 533 g/mol. The summed E-state index contributed by atoms with van der Waals surface area (Å²) >= 11 is 13.5. The first-order valence-corrected chi connectivity index (χ1v) is 13.3. The molecule has 1 saturated heterocycles. The summed E-state index contributed by atoms with van der Waals surface area (Å²) < 4.78 is 38.5. The molecule has 1 aliphatic heterocycles. The van der Waals surface area contributed by atoms with Gasteiger partial charge in [-0.2, -0.15) is 8.78 Å². The molecule has 38 heavy (non-hydrogen) atoms. The number of esters is 1. The lowest BCUT2D eigenvalue weighted by molar-refractivity contribution is -0.158. The summed E-state index contributed by atoms with van der Waals surface area (Å²) in [4.78, 5) is 13.8. The van der Waals surface area contributed by atoms with Gasteiger partial charge in [0, 0.05) is 73.3 Å². The number of alkyl halides is 2. The minimum Gasteiger partial charge on any atom is -0.469 e. The summed E-state index contributed by atoms with van der Waals surface area (Å²) in [7, 11) is 3.30. The molecule has 0 N–H and O–H groups in total. The van der Waals surface area contributed by atoms with Gasteiger partial charge in [-0.25, -0.2) is 0 Å². The molecular formula is C29H32Cl2F2N2O3. The highest BCUT2D eigenvalue weighted by Crippen LogP contribution is 2.37. The number of carbonyl (C=O) groups excluding carboxylic acids is 1. The van der Waals surface area contributed by atoms with Crippen molar-refractivity contribution in [2.75, 3.05) is 20.2 Å². The third-order valence-electron chi connectivity index (χ3n) is 7.27. The molecule has 1 fully saturated rings. The van der Waals surface area contributed by atoms with E-state index in [0.29, 0.717) is 28.8 Å². The molecule has 204 valence electrons. The molecule has 0 bridgehead atoms. The minimum absolute atomic E-state index is 0.111. The molecule has 3 aromatic rings. The number of nitrogens with zero attached hydrogens (tertiary/aromatic N) is 2. The van der Waals surface area contributed by atoms with Crippen LogP contribution >= 0.6 is 23.2 Å². The van der Waals surface area contributed by atoms with Crippen LogP contribution in [0.4, 0.5) is 8.78 Å². The molecule has 0 radical (unpaired) electrons. The maximum absolute atomic E-state index is 13.5. The Bertz CT molecular complexity index is 1370. The number of aromatic nitrogens is 1. The zero-order chi connectivity index (χ0) is 27.8. The number of hydrogen-bond donors (Lipinski definition) is 0. The van der Waals surface area contributed by atoms with Crippen molar-refractivity contribution in [2.24, 2.45) is 13.0 Å². The number of ether oxygens (including phenoxy) is 2. The topological polar surface area (TPSA) is 43.7 Å². The summed E-state index contributed by atoms with van der Waals surface area (Å²) in [6, 6.07) is 8.98. The summed E-state index contributed by atoms with van der Waals surface area (Å²) in [6.07, 6.45) is -0.644. The molecule has 0 spiro atoms. The van der Waals surface area contributed by atoms with Gasteiger partial charge in [0.15, 0.2) is 0 Å². The third kappa shape index (κ3) is 6.10. The van der Waals surface area contributed by atoms with Gasteiger partial charge in [-0.05, 0) is 61.1 Å². The second-order valence-electron chi connectivity index (χ2n) is 10.00. The summed E-state index contributed by atoms with van der Waals surface area (Å²) in [5, 5.41) is 2.02. The van der Waals surface area contributed by atoms with Crippen molar-refractivity contribution in [3.8, 4) is 5.75 Å². The molecule has 2 aromatic carbocycles. The van der Waals surface area contributed by atoms with Crippen molar-refractivity contribution in [2.45, 2.75) is 45.6 Å². The molecule has 9 heteroatoms. The third-order valence-corrected chi connectivity index (χ3v) is 8.06. The van der Waals surface area contributed by atoms with Gasteiger partial charge in [-0.15, -0.1) is 0 Å². The normalized spacial score (nSPS) is 14.7. The van der Waals surface area contributed by atoms with Crippen LogP contribution in [-0.4, -0.2) is 41.7 Å². The average molecular weight is 565 g/mol. The van der Waals surface area contributed by atoms with E-state index < -0.39 is 6.11 Å². The van der Waals surface area contributed by atoms with Crippen LogP contribution in [-0.2, 0) is 23.0 Å². The molecule has 0 aliphatic carbocycles. The highest BCUT2D eigenvalue weighted by atomic mass is 35.5. The van der Waals surface area contributed by atoms with E-state index in [1.54, 1.807) is 12.1 Å². The van der Waals surface area contributed by atoms with Crippen LogP contribution in [0.5, 0.6) is 5.75 Å². The largest absolute Gasteiger partial charge is 0.469 e. The number of likely N-dealkylation sites (tertiary alicyclic amines) is 1. The monoisotopic (exact) mass is 564 g/mol. The van der Waals surface area contributed by atoms with Gasteiger partial charge in [0.25, 0.3) is 0 Å². The minimum atomic E-state index is -3.27. The molecule has 1 aliphatic rings. The molecule has 0 atom stereocenters. The van der Waals surface area contributed by atoms with Gasteiger partial charge in [0.1, 0.15) is 5.75 Å². The zero-order valence-electron chi connectivity index (χ0n) is 22.0. The standard InChI is InChI=1S/C29H32Cl2F2N2O3/c1-17-12-21(38-29(3,32)33)16-26-23(17)14-20(34(26)4)15-24-25(30)7-6-22(28(24)31)18(2)35-10-8-19(9-11-35)13-27(36)37-5/h6-7,12,14,16,19H,2,8-11,13,15H2,1,3-5H3. The van der Waals surface area contributed by atoms with E-state index in [0.717, 1.165) is 71.8 Å². The number of piperidine rings is 1. The Morgan fingerprint density at radius 2 is 1.87 bits per heavy atom. The van der Waals surface area contributed by atoms with Gasteiger partial charge >= 0.3 is 12.1 Å². The zero-order valence-corrected chi connectivity index (χ0v) is 23.6. The Morgan fingerprint density at radius 3 is 2.50 bits per heavy atom. The van der Waals surface area contributed by atoms with E-state index >= 15 is 0 Å². The van der Waals surface area contributed by atoms with E-state index in [2.05, 4.69) is 11.5 Å². The van der Waals surface area contributed by atoms with Crippen LogP contribution < -0.4 is 4.74 Å². The number of rotatable bonds is 8. The molecule has 1 aromatic heterocycles. The summed E-state index contributed by atoms with van der Waals surface area (Å²) in [5.74, 6) is 0.232. The van der Waals surface area contributed by atoms with Gasteiger partial charge in [-0.3, -0.25) is 4.79 Å².